The maximum absolute atomic E-state index is 14.0. The van der Waals surface area contributed by atoms with E-state index in [2.05, 4.69) is 16.3 Å². The summed E-state index contributed by atoms with van der Waals surface area (Å²) in [6.07, 6.45) is 1.65. The van der Waals surface area contributed by atoms with Gasteiger partial charge in [-0.3, -0.25) is 0 Å². The fraction of sp³-hybridized carbons (Fsp3) is 0.100. The van der Waals surface area contributed by atoms with Gasteiger partial charge in [0, 0.05) is 12.2 Å². The molecule has 0 atom stereocenters. The summed E-state index contributed by atoms with van der Waals surface area (Å²) in [6, 6.07) is 30.4. The number of rotatable bonds is 9. The Bertz CT molecular complexity index is 1540. The second-order valence-corrected chi connectivity index (χ2v) is 8.70. The maximum atomic E-state index is 14.0. The van der Waals surface area contributed by atoms with E-state index in [1.54, 1.807) is 24.5 Å². The zero-order valence-electron chi connectivity index (χ0n) is 20.3. The summed E-state index contributed by atoms with van der Waals surface area (Å²) >= 11 is 0. The summed E-state index contributed by atoms with van der Waals surface area (Å²) in [7, 11) is 0. The van der Waals surface area contributed by atoms with E-state index in [9.17, 15) is 8.78 Å². The summed E-state index contributed by atoms with van der Waals surface area (Å²) in [5, 5.41) is 17.5. The highest BCUT2D eigenvalue weighted by Gasteiger charge is 2.15. The van der Waals surface area contributed by atoms with Crippen LogP contribution in [0.25, 0.3) is 0 Å². The topological polar surface area (TPSA) is 67.0 Å². The maximum Gasteiger partial charge on any atom is 0.159 e. The molecular formula is C30H23F2N5O. The number of aromatic nitrogens is 3. The SMILES string of the molecule is N#Cc1ccc(Cn2cnnc2CN(Cc2ccc(F)c(F)c2)c2ccc(Oc3ccccc3)cc2)cc1. The largest absolute Gasteiger partial charge is 0.457 e. The highest BCUT2D eigenvalue weighted by atomic mass is 19.2. The summed E-state index contributed by atoms with van der Waals surface area (Å²) in [5.41, 5.74) is 3.06. The number of hydrogen-bond donors (Lipinski definition) is 0. The van der Waals surface area contributed by atoms with Crippen LogP contribution in [-0.4, -0.2) is 14.8 Å². The molecule has 0 aliphatic heterocycles. The minimum atomic E-state index is -0.891. The molecule has 0 N–H and O–H groups in total. The lowest BCUT2D eigenvalue weighted by molar-refractivity contribution is 0.482. The van der Waals surface area contributed by atoms with E-state index in [0.29, 0.717) is 42.3 Å². The molecule has 0 bridgehead atoms. The lowest BCUT2D eigenvalue weighted by Crippen LogP contribution is -2.24. The lowest BCUT2D eigenvalue weighted by atomic mass is 10.1. The van der Waals surface area contributed by atoms with Crippen molar-refractivity contribution in [2.75, 3.05) is 4.90 Å². The first-order valence-corrected chi connectivity index (χ1v) is 11.9. The Hall–Kier alpha value is -5.03. The monoisotopic (exact) mass is 507 g/mol. The van der Waals surface area contributed by atoms with Gasteiger partial charge in [0.15, 0.2) is 17.5 Å². The first-order valence-electron chi connectivity index (χ1n) is 11.9. The van der Waals surface area contributed by atoms with Gasteiger partial charge in [0.25, 0.3) is 0 Å². The molecule has 0 amide bonds. The van der Waals surface area contributed by atoms with Gasteiger partial charge < -0.3 is 14.2 Å². The number of halogens is 2. The third-order valence-corrected chi connectivity index (χ3v) is 6.00. The highest BCUT2D eigenvalue weighted by Crippen LogP contribution is 2.26. The molecule has 0 radical (unpaired) electrons. The second kappa shape index (κ2) is 11.4. The van der Waals surface area contributed by atoms with E-state index < -0.39 is 11.6 Å². The minimum Gasteiger partial charge on any atom is -0.457 e. The lowest BCUT2D eigenvalue weighted by Gasteiger charge is -2.25. The van der Waals surface area contributed by atoms with Gasteiger partial charge in [0.1, 0.15) is 17.8 Å². The van der Waals surface area contributed by atoms with Crippen molar-refractivity contribution < 1.29 is 13.5 Å². The Morgan fingerprint density at radius 3 is 2.21 bits per heavy atom. The minimum absolute atomic E-state index is 0.319. The third kappa shape index (κ3) is 6.02. The Kier molecular flexibility index (Phi) is 7.37. The van der Waals surface area contributed by atoms with E-state index in [-0.39, 0.29) is 0 Å². The number of para-hydroxylation sites is 1. The molecule has 0 spiro atoms. The van der Waals surface area contributed by atoms with Crippen LogP contribution in [-0.2, 0) is 19.6 Å². The van der Waals surface area contributed by atoms with Gasteiger partial charge >= 0.3 is 0 Å². The zero-order valence-corrected chi connectivity index (χ0v) is 20.3. The molecule has 1 heterocycles. The van der Waals surface area contributed by atoms with Crippen LogP contribution in [0.1, 0.15) is 22.5 Å². The van der Waals surface area contributed by atoms with E-state index in [1.807, 2.05) is 76.2 Å². The molecule has 0 fully saturated rings. The first kappa shape index (κ1) is 24.7. The highest BCUT2D eigenvalue weighted by molar-refractivity contribution is 5.50. The number of ether oxygens (including phenoxy) is 1. The van der Waals surface area contributed by atoms with Gasteiger partial charge in [0.2, 0.25) is 0 Å². The molecule has 4 aromatic carbocycles. The third-order valence-electron chi connectivity index (χ3n) is 6.00. The van der Waals surface area contributed by atoms with Crippen molar-refractivity contribution in [3.63, 3.8) is 0 Å². The zero-order chi connectivity index (χ0) is 26.3. The van der Waals surface area contributed by atoms with Crippen molar-refractivity contribution in [3.8, 4) is 17.6 Å². The number of nitrogens with zero attached hydrogens (tertiary/aromatic N) is 5. The van der Waals surface area contributed by atoms with E-state index in [0.717, 1.165) is 23.1 Å². The van der Waals surface area contributed by atoms with Crippen molar-refractivity contribution in [2.45, 2.75) is 19.6 Å². The van der Waals surface area contributed by atoms with Crippen molar-refractivity contribution >= 4 is 5.69 Å². The molecule has 0 unspecified atom stereocenters. The summed E-state index contributed by atoms with van der Waals surface area (Å²) in [5.74, 6) is 0.330. The van der Waals surface area contributed by atoms with Crippen LogP contribution in [0.2, 0.25) is 0 Å². The molecule has 6 nitrogen and oxygen atoms in total. The van der Waals surface area contributed by atoms with Gasteiger partial charge in [-0.2, -0.15) is 5.26 Å². The van der Waals surface area contributed by atoms with Crippen LogP contribution in [0.15, 0.2) is 103 Å². The number of benzene rings is 4. The average Bonchev–Trinajstić information content (AvgIpc) is 3.38. The van der Waals surface area contributed by atoms with E-state index in [4.69, 9.17) is 10.00 Å². The van der Waals surface area contributed by atoms with Crippen LogP contribution in [0.4, 0.5) is 14.5 Å². The number of hydrogen-bond acceptors (Lipinski definition) is 5. The quantitative estimate of drug-likeness (QED) is 0.229. The first-order chi connectivity index (χ1) is 18.6. The smallest absolute Gasteiger partial charge is 0.159 e. The Morgan fingerprint density at radius 1 is 0.789 bits per heavy atom. The Balaban J connectivity index is 1.39. The summed E-state index contributed by atoms with van der Waals surface area (Å²) in [4.78, 5) is 2.01. The van der Waals surface area contributed by atoms with Gasteiger partial charge in [-0.1, -0.05) is 36.4 Å². The molecule has 5 rings (SSSR count). The molecule has 0 saturated heterocycles. The summed E-state index contributed by atoms with van der Waals surface area (Å²) in [6.45, 7) is 1.21. The van der Waals surface area contributed by atoms with Gasteiger partial charge in [-0.05, 0) is 71.8 Å². The fourth-order valence-electron chi connectivity index (χ4n) is 4.03. The standard InChI is InChI=1S/C30H23F2N5O/c31-28-15-10-24(16-29(28)32)19-36(25-11-13-27(14-12-25)38-26-4-2-1-3-5-26)20-30-35-34-21-37(30)18-23-8-6-22(17-33)7-9-23/h1-16,21H,18-20H2. The van der Waals surface area contributed by atoms with Crippen molar-refractivity contribution in [1.82, 2.24) is 14.8 Å². The van der Waals surface area contributed by atoms with Gasteiger partial charge in [0.05, 0.1) is 24.7 Å². The molecule has 0 aliphatic rings. The van der Waals surface area contributed by atoms with E-state index in [1.165, 1.54) is 6.07 Å². The van der Waals surface area contributed by atoms with Crippen molar-refractivity contribution in [2.24, 2.45) is 0 Å². The predicted molar refractivity (Wildman–Crippen MR) is 139 cm³/mol. The number of anilines is 1. The molecule has 188 valence electrons. The average molecular weight is 508 g/mol. The van der Waals surface area contributed by atoms with Crippen molar-refractivity contribution in [3.05, 3.63) is 138 Å². The predicted octanol–water partition coefficient (Wildman–Crippen LogP) is 6.48. The van der Waals surface area contributed by atoms with Gasteiger partial charge in [-0.25, -0.2) is 8.78 Å². The number of nitriles is 1. The van der Waals surface area contributed by atoms with Gasteiger partial charge in [-0.15, -0.1) is 10.2 Å². The van der Waals surface area contributed by atoms with Crippen LogP contribution in [0.5, 0.6) is 11.5 Å². The molecule has 5 aromatic rings. The van der Waals surface area contributed by atoms with Crippen LogP contribution < -0.4 is 9.64 Å². The van der Waals surface area contributed by atoms with Crippen molar-refractivity contribution in [1.29, 1.82) is 5.26 Å². The second-order valence-electron chi connectivity index (χ2n) is 8.70. The molecule has 0 saturated carbocycles. The van der Waals surface area contributed by atoms with Crippen LogP contribution >= 0.6 is 0 Å². The van der Waals surface area contributed by atoms with Crippen LogP contribution in [0.3, 0.4) is 0 Å². The van der Waals surface area contributed by atoms with E-state index >= 15 is 0 Å². The fourth-order valence-corrected chi connectivity index (χ4v) is 4.03. The Labute approximate surface area is 219 Å². The normalized spacial score (nSPS) is 10.7. The molecule has 38 heavy (non-hydrogen) atoms. The van der Waals surface area contributed by atoms with Crippen LogP contribution in [0, 0.1) is 23.0 Å². The molecule has 0 aliphatic carbocycles. The molecule has 1 aromatic heterocycles. The molecule has 8 heteroatoms. The Morgan fingerprint density at radius 2 is 1.50 bits per heavy atom. The summed E-state index contributed by atoms with van der Waals surface area (Å²) < 4.78 is 35.4. The molecular weight excluding hydrogens is 484 g/mol.